The summed E-state index contributed by atoms with van der Waals surface area (Å²) in [7, 11) is 0. The fourth-order valence-electron chi connectivity index (χ4n) is 3.67. The zero-order valence-corrected chi connectivity index (χ0v) is 15.8. The third-order valence-corrected chi connectivity index (χ3v) is 5.28. The SMILES string of the molecule is O=C(NCc1cccc(NC(=O)C2CCCO2)c1)NC1CCC(C(=O)O)CC1. The van der Waals surface area contributed by atoms with Crippen LogP contribution in [-0.4, -0.2) is 41.8 Å². The first kappa shape index (κ1) is 20.1. The molecule has 3 amide bonds. The average molecular weight is 389 g/mol. The van der Waals surface area contributed by atoms with Gasteiger partial charge in [0, 0.05) is 24.9 Å². The Morgan fingerprint density at radius 2 is 1.89 bits per heavy atom. The summed E-state index contributed by atoms with van der Waals surface area (Å²) in [5.74, 6) is -1.19. The first-order chi connectivity index (χ1) is 13.5. The molecule has 3 rings (SSSR count). The molecule has 1 aliphatic heterocycles. The van der Waals surface area contributed by atoms with Crippen molar-refractivity contribution in [3.8, 4) is 0 Å². The van der Waals surface area contributed by atoms with Gasteiger partial charge in [0.15, 0.2) is 0 Å². The molecule has 8 heteroatoms. The van der Waals surface area contributed by atoms with E-state index in [4.69, 9.17) is 9.84 Å². The highest BCUT2D eigenvalue weighted by Gasteiger charge is 2.26. The Balaban J connectivity index is 1.42. The summed E-state index contributed by atoms with van der Waals surface area (Å²) < 4.78 is 5.38. The van der Waals surface area contributed by atoms with Gasteiger partial charge in [-0.2, -0.15) is 0 Å². The highest BCUT2D eigenvalue weighted by atomic mass is 16.5. The van der Waals surface area contributed by atoms with E-state index < -0.39 is 5.97 Å². The van der Waals surface area contributed by atoms with E-state index in [2.05, 4.69) is 16.0 Å². The number of aliphatic carboxylic acids is 1. The Morgan fingerprint density at radius 3 is 2.57 bits per heavy atom. The van der Waals surface area contributed by atoms with Crippen molar-refractivity contribution in [1.29, 1.82) is 0 Å². The lowest BCUT2D eigenvalue weighted by Gasteiger charge is -2.26. The number of carbonyl (C=O) groups is 3. The van der Waals surface area contributed by atoms with Crippen LogP contribution in [0.1, 0.15) is 44.1 Å². The van der Waals surface area contributed by atoms with Gasteiger partial charge in [0.05, 0.1) is 5.92 Å². The lowest BCUT2D eigenvalue weighted by Crippen LogP contribution is -2.43. The predicted octanol–water partition coefficient (Wildman–Crippen LogP) is 2.25. The molecule has 1 unspecified atom stereocenters. The molecule has 152 valence electrons. The van der Waals surface area contributed by atoms with E-state index in [-0.39, 0.29) is 30.0 Å². The first-order valence-electron chi connectivity index (χ1n) is 9.80. The van der Waals surface area contributed by atoms with Crippen LogP contribution in [0.15, 0.2) is 24.3 Å². The molecule has 1 saturated heterocycles. The number of rotatable bonds is 6. The van der Waals surface area contributed by atoms with Gasteiger partial charge in [-0.1, -0.05) is 12.1 Å². The molecule has 28 heavy (non-hydrogen) atoms. The van der Waals surface area contributed by atoms with Gasteiger partial charge in [-0.3, -0.25) is 9.59 Å². The van der Waals surface area contributed by atoms with Crippen LogP contribution in [0.3, 0.4) is 0 Å². The number of benzene rings is 1. The highest BCUT2D eigenvalue weighted by molar-refractivity contribution is 5.94. The van der Waals surface area contributed by atoms with Gasteiger partial charge < -0.3 is 25.8 Å². The number of nitrogens with one attached hydrogen (secondary N) is 3. The summed E-state index contributed by atoms with van der Waals surface area (Å²) in [6.45, 7) is 0.953. The Labute approximate surface area is 164 Å². The number of urea groups is 1. The zero-order chi connectivity index (χ0) is 19.9. The van der Waals surface area contributed by atoms with Crippen LogP contribution in [0.25, 0.3) is 0 Å². The van der Waals surface area contributed by atoms with Gasteiger partial charge in [0.25, 0.3) is 5.91 Å². The summed E-state index contributed by atoms with van der Waals surface area (Å²) >= 11 is 0. The lowest BCUT2D eigenvalue weighted by atomic mass is 9.86. The van der Waals surface area contributed by atoms with E-state index in [1.807, 2.05) is 18.2 Å². The van der Waals surface area contributed by atoms with Crippen molar-refractivity contribution in [2.24, 2.45) is 5.92 Å². The second-order valence-corrected chi connectivity index (χ2v) is 7.41. The number of ether oxygens (including phenoxy) is 1. The average Bonchev–Trinajstić information content (AvgIpc) is 3.22. The fraction of sp³-hybridized carbons (Fsp3) is 0.550. The molecule has 0 bridgehead atoms. The second-order valence-electron chi connectivity index (χ2n) is 7.41. The number of carboxylic acid groups (broad SMARTS) is 1. The van der Waals surface area contributed by atoms with Crippen molar-refractivity contribution in [2.45, 2.75) is 57.2 Å². The monoisotopic (exact) mass is 389 g/mol. The summed E-state index contributed by atoms with van der Waals surface area (Å²) in [5.41, 5.74) is 1.54. The summed E-state index contributed by atoms with van der Waals surface area (Å²) in [5, 5.41) is 17.6. The van der Waals surface area contributed by atoms with Gasteiger partial charge in [-0.15, -0.1) is 0 Å². The minimum Gasteiger partial charge on any atom is -0.481 e. The normalized spacial score (nSPS) is 24.4. The Bertz CT molecular complexity index is 710. The molecule has 2 aliphatic rings. The summed E-state index contributed by atoms with van der Waals surface area (Å²) in [6.07, 6.45) is 3.78. The lowest BCUT2D eigenvalue weighted by molar-refractivity contribution is -0.142. The van der Waals surface area contributed by atoms with Crippen molar-refractivity contribution in [2.75, 3.05) is 11.9 Å². The largest absolute Gasteiger partial charge is 0.481 e. The Kier molecular flexibility index (Phi) is 6.86. The third-order valence-electron chi connectivity index (χ3n) is 5.28. The third kappa shape index (κ3) is 5.69. The topological polar surface area (TPSA) is 117 Å². The number of anilines is 1. The van der Waals surface area contributed by atoms with Gasteiger partial charge in [-0.05, 0) is 56.2 Å². The van der Waals surface area contributed by atoms with Crippen LogP contribution in [-0.2, 0) is 20.9 Å². The maximum absolute atomic E-state index is 12.1. The van der Waals surface area contributed by atoms with Crippen LogP contribution >= 0.6 is 0 Å². The van der Waals surface area contributed by atoms with Gasteiger partial charge >= 0.3 is 12.0 Å². The first-order valence-corrected chi connectivity index (χ1v) is 9.80. The molecule has 1 heterocycles. The molecule has 8 nitrogen and oxygen atoms in total. The molecule has 1 aliphatic carbocycles. The fourth-order valence-corrected chi connectivity index (χ4v) is 3.67. The molecule has 2 fully saturated rings. The molecule has 1 aromatic carbocycles. The minimum absolute atomic E-state index is 0.00707. The molecule has 0 radical (unpaired) electrons. The summed E-state index contributed by atoms with van der Waals surface area (Å²) in [4.78, 5) is 35.2. The molecule has 1 atom stereocenters. The van der Waals surface area contributed by atoms with Crippen LogP contribution in [0.4, 0.5) is 10.5 Å². The van der Waals surface area contributed by atoms with E-state index in [0.717, 1.165) is 18.4 Å². The number of hydrogen-bond acceptors (Lipinski definition) is 4. The smallest absolute Gasteiger partial charge is 0.315 e. The van der Waals surface area contributed by atoms with Gasteiger partial charge in [-0.25, -0.2) is 4.79 Å². The van der Waals surface area contributed by atoms with Crippen LogP contribution in [0, 0.1) is 5.92 Å². The van der Waals surface area contributed by atoms with Gasteiger partial charge in [0.1, 0.15) is 6.10 Å². The van der Waals surface area contributed by atoms with E-state index in [0.29, 0.717) is 44.5 Å². The van der Waals surface area contributed by atoms with Crippen molar-refractivity contribution in [1.82, 2.24) is 10.6 Å². The Hall–Kier alpha value is -2.61. The highest BCUT2D eigenvalue weighted by Crippen LogP contribution is 2.24. The van der Waals surface area contributed by atoms with Crippen molar-refractivity contribution in [3.63, 3.8) is 0 Å². The van der Waals surface area contributed by atoms with Crippen molar-refractivity contribution >= 4 is 23.6 Å². The molecule has 0 spiro atoms. The number of hydrogen-bond donors (Lipinski definition) is 4. The number of carboxylic acids is 1. The minimum atomic E-state index is -0.755. The van der Waals surface area contributed by atoms with E-state index >= 15 is 0 Å². The molecule has 0 aromatic heterocycles. The standard InChI is InChI=1S/C20H27N3O5/c24-18(17-5-2-10-28-17)22-16-4-1-3-13(11-16)12-21-20(27)23-15-8-6-14(7-9-15)19(25)26/h1,3-4,11,14-15,17H,2,5-10,12H2,(H,22,24)(H,25,26)(H2,21,23,27). The molecule has 1 saturated carbocycles. The quantitative estimate of drug-likeness (QED) is 0.595. The van der Waals surface area contributed by atoms with Crippen LogP contribution in [0.2, 0.25) is 0 Å². The maximum Gasteiger partial charge on any atom is 0.315 e. The van der Waals surface area contributed by atoms with Crippen LogP contribution < -0.4 is 16.0 Å². The van der Waals surface area contributed by atoms with Crippen molar-refractivity contribution in [3.05, 3.63) is 29.8 Å². The van der Waals surface area contributed by atoms with Crippen LogP contribution in [0.5, 0.6) is 0 Å². The second kappa shape index (κ2) is 9.54. The molecular formula is C20H27N3O5. The van der Waals surface area contributed by atoms with E-state index in [1.54, 1.807) is 6.07 Å². The molecule has 4 N–H and O–H groups in total. The van der Waals surface area contributed by atoms with Crippen molar-refractivity contribution < 1.29 is 24.2 Å². The zero-order valence-electron chi connectivity index (χ0n) is 15.8. The van der Waals surface area contributed by atoms with E-state index in [1.165, 1.54) is 0 Å². The number of amides is 3. The number of carbonyl (C=O) groups excluding carboxylic acids is 2. The molecular weight excluding hydrogens is 362 g/mol. The maximum atomic E-state index is 12.1. The van der Waals surface area contributed by atoms with Gasteiger partial charge in [0.2, 0.25) is 0 Å². The summed E-state index contributed by atoms with van der Waals surface area (Å²) in [6, 6.07) is 7.07. The Morgan fingerprint density at radius 1 is 1.11 bits per heavy atom. The molecule has 1 aromatic rings. The predicted molar refractivity (Wildman–Crippen MR) is 103 cm³/mol. The van der Waals surface area contributed by atoms with E-state index in [9.17, 15) is 14.4 Å².